The van der Waals surface area contributed by atoms with Gasteiger partial charge in [0.2, 0.25) is 0 Å². The number of benzene rings is 3. The average molecular weight is 444 g/mol. The van der Waals surface area contributed by atoms with Crippen LogP contribution in [0.4, 0.5) is 0 Å². The molecule has 5 heteroatoms. The maximum Gasteiger partial charge on any atom is 0.160 e. The first kappa shape index (κ1) is 22.0. The minimum absolute atomic E-state index is 0.0253. The first-order valence-corrected chi connectivity index (χ1v) is 11.7. The van der Waals surface area contributed by atoms with Crippen LogP contribution < -0.4 is 9.47 Å². The van der Waals surface area contributed by atoms with Gasteiger partial charge in [-0.2, -0.15) is 5.26 Å². The molecule has 0 bridgehead atoms. The van der Waals surface area contributed by atoms with E-state index >= 15 is 0 Å². The third-order valence-corrected chi connectivity index (χ3v) is 6.91. The first-order chi connectivity index (χ1) is 15.6. The SMILES string of the molecule is COc1ccc(C2CC2C(=O)C/C(SC)=C(\C#N)c2cccc3ccccc23)cc1OC. The number of nitriles is 1. The van der Waals surface area contributed by atoms with Crippen LogP contribution >= 0.6 is 11.8 Å². The minimum atomic E-state index is -0.0253. The Morgan fingerprint density at radius 1 is 1.06 bits per heavy atom. The molecule has 162 valence electrons. The molecular formula is C27H25NO3S. The zero-order chi connectivity index (χ0) is 22.7. The predicted octanol–water partition coefficient (Wildman–Crippen LogP) is 6.22. The minimum Gasteiger partial charge on any atom is -0.493 e. The summed E-state index contributed by atoms with van der Waals surface area (Å²) in [4.78, 5) is 14.0. The van der Waals surface area contributed by atoms with Crippen LogP contribution in [-0.2, 0) is 4.79 Å². The lowest BCUT2D eigenvalue weighted by Gasteiger charge is -2.11. The van der Waals surface area contributed by atoms with Gasteiger partial charge in [0.05, 0.1) is 19.8 Å². The van der Waals surface area contributed by atoms with Crippen molar-refractivity contribution in [3.05, 3.63) is 76.7 Å². The highest BCUT2D eigenvalue weighted by molar-refractivity contribution is 8.02. The highest BCUT2D eigenvalue weighted by Gasteiger charge is 2.44. The van der Waals surface area contributed by atoms with Crippen molar-refractivity contribution in [3.63, 3.8) is 0 Å². The molecule has 0 radical (unpaired) electrons. The number of nitrogens with zero attached hydrogens (tertiary/aromatic N) is 1. The van der Waals surface area contributed by atoms with Crippen LogP contribution in [0.3, 0.4) is 0 Å². The Labute approximate surface area is 192 Å². The van der Waals surface area contributed by atoms with E-state index in [1.54, 1.807) is 14.2 Å². The Kier molecular flexibility index (Phi) is 6.53. The molecule has 2 atom stereocenters. The van der Waals surface area contributed by atoms with Gasteiger partial charge in [-0.1, -0.05) is 48.5 Å². The van der Waals surface area contributed by atoms with Gasteiger partial charge in [-0.05, 0) is 47.1 Å². The lowest BCUT2D eigenvalue weighted by molar-refractivity contribution is -0.119. The molecule has 0 aliphatic heterocycles. The Balaban J connectivity index is 1.58. The van der Waals surface area contributed by atoms with Gasteiger partial charge >= 0.3 is 0 Å². The van der Waals surface area contributed by atoms with Crippen molar-refractivity contribution in [2.75, 3.05) is 20.5 Å². The number of methoxy groups -OCH3 is 2. The van der Waals surface area contributed by atoms with E-state index in [0.717, 1.165) is 33.2 Å². The van der Waals surface area contributed by atoms with E-state index in [1.807, 2.05) is 66.9 Å². The normalized spacial score (nSPS) is 17.9. The molecule has 2 unspecified atom stereocenters. The van der Waals surface area contributed by atoms with Gasteiger partial charge in [0.1, 0.15) is 11.9 Å². The van der Waals surface area contributed by atoms with Crippen molar-refractivity contribution >= 4 is 33.9 Å². The average Bonchev–Trinajstić information content (AvgIpc) is 3.64. The van der Waals surface area contributed by atoms with Gasteiger partial charge in [-0.15, -0.1) is 11.8 Å². The van der Waals surface area contributed by atoms with Crippen LogP contribution in [0.1, 0.15) is 29.9 Å². The molecule has 0 N–H and O–H groups in total. The fourth-order valence-electron chi connectivity index (χ4n) is 4.27. The van der Waals surface area contributed by atoms with E-state index in [-0.39, 0.29) is 24.0 Å². The summed E-state index contributed by atoms with van der Waals surface area (Å²) in [6.45, 7) is 0. The van der Waals surface area contributed by atoms with Crippen molar-refractivity contribution in [3.8, 4) is 17.6 Å². The van der Waals surface area contributed by atoms with Crippen molar-refractivity contribution in [1.29, 1.82) is 5.26 Å². The second-order valence-corrected chi connectivity index (χ2v) is 8.75. The number of thioether (sulfide) groups is 1. The predicted molar refractivity (Wildman–Crippen MR) is 130 cm³/mol. The van der Waals surface area contributed by atoms with Crippen LogP contribution in [0.25, 0.3) is 16.3 Å². The lowest BCUT2D eigenvalue weighted by atomic mass is 9.97. The molecular weight excluding hydrogens is 418 g/mol. The van der Waals surface area contributed by atoms with Crippen LogP contribution in [0, 0.1) is 17.2 Å². The molecule has 1 aliphatic carbocycles. The molecule has 0 heterocycles. The highest BCUT2D eigenvalue weighted by atomic mass is 32.2. The molecule has 0 spiro atoms. The molecule has 4 nitrogen and oxygen atoms in total. The second kappa shape index (κ2) is 9.50. The molecule has 3 aromatic rings. The molecule has 0 saturated heterocycles. The Morgan fingerprint density at radius 3 is 2.53 bits per heavy atom. The largest absolute Gasteiger partial charge is 0.493 e. The first-order valence-electron chi connectivity index (χ1n) is 10.5. The zero-order valence-electron chi connectivity index (χ0n) is 18.4. The van der Waals surface area contributed by atoms with E-state index in [9.17, 15) is 10.1 Å². The second-order valence-electron chi connectivity index (χ2n) is 7.85. The molecule has 0 amide bonds. The van der Waals surface area contributed by atoms with Crippen LogP contribution in [0.15, 0.2) is 65.6 Å². The maximum atomic E-state index is 13.1. The number of hydrogen-bond donors (Lipinski definition) is 0. The third kappa shape index (κ3) is 4.24. The summed E-state index contributed by atoms with van der Waals surface area (Å²) in [7, 11) is 3.23. The summed E-state index contributed by atoms with van der Waals surface area (Å²) < 4.78 is 10.7. The number of hydrogen-bond acceptors (Lipinski definition) is 5. The summed E-state index contributed by atoms with van der Waals surface area (Å²) in [5.74, 6) is 1.70. The van der Waals surface area contributed by atoms with Crippen LogP contribution in [-0.4, -0.2) is 26.3 Å². The third-order valence-electron chi connectivity index (χ3n) is 6.07. The summed E-state index contributed by atoms with van der Waals surface area (Å²) >= 11 is 1.49. The highest BCUT2D eigenvalue weighted by Crippen LogP contribution is 2.51. The van der Waals surface area contributed by atoms with E-state index in [1.165, 1.54) is 11.8 Å². The smallest absolute Gasteiger partial charge is 0.160 e. The lowest BCUT2D eigenvalue weighted by Crippen LogP contribution is -2.04. The standard InChI is InChI=1S/C27H25NO3S/c1-30-25-12-11-18(13-26(25)31-2)21-14-22(21)24(29)15-27(32-3)23(16-28)20-10-6-8-17-7-4-5-9-19(17)20/h4-13,21-22H,14-15H2,1-3H3/b27-23-. The number of Topliss-reactive ketones (excluding diaryl/α,β-unsaturated/α-hetero) is 1. The van der Waals surface area contributed by atoms with Gasteiger partial charge in [-0.25, -0.2) is 0 Å². The molecule has 3 aromatic carbocycles. The molecule has 4 rings (SSSR count). The van der Waals surface area contributed by atoms with E-state index < -0.39 is 0 Å². The summed E-state index contributed by atoms with van der Waals surface area (Å²) in [6.07, 6.45) is 3.04. The number of ether oxygens (including phenoxy) is 2. The number of rotatable bonds is 8. The fraction of sp³-hybridized carbons (Fsp3) is 0.259. The Bertz CT molecular complexity index is 1240. The van der Waals surface area contributed by atoms with Gasteiger partial charge in [0.15, 0.2) is 11.5 Å². The molecule has 1 saturated carbocycles. The van der Waals surface area contributed by atoms with Gasteiger partial charge in [0, 0.05) is 22.8 Å². The van der Waals surface area contributed by atoms with Crippen molar-refractivity contribution in [1.82, 2.24) is 0 Å². The quantitative estimate of drug-likeness (QED) is 0.387. The monoisotopic (exact) mass is 443 g/mol. The molecule has 32 heavy (non-hydrogen) atoms. The zero-order valence-corrected chi connectivity index (χ0v) is 19.2. The Hall–Kier alpha value is -3.23. The van der Waals surface area contributed by atoms with E-state index in [0.29, 0.717) is 17.1 Å². The van der Waals surface area contributed by atoms with Crippen LogP contribution in [0.5, 0.6) is 11.5 Å². The molecule has 0 aromatic heterocycles. The number of fused-ring (bicyclic) bond motifs is 1. The fourth-order valence-corrected chi connectivity index (χ4v) is 4.92. The van der Waals surface area contributed by atoms with Gasteiger partial charge < -0.3 is 9.47 Å². The van der Waals surface area contributed by atoms with Crippen molar-refractivity contribution in [2.45, 2.75) is 18.8 Å². The number of carbonyl (C=O) groups excluding carboxylic acids is 1. The topological polar surface area (TPSA) is 59.3 Å². The number of carbonyl (C=O) groups is 1. The van der Waals surface area contributed by atoms with E-state index in [2.05, 4.69) is 6.07 Å². The molecule has 1 aliphatic rings. The maximum absolute atomic E-state index is 13.1. The summed E-state index contributed by atoms with van der Waals surface area (Å²) in [5, 5.41) is 12.1. The number of ketones is 1. The van der Waals surface area contributed by atoms with Crippen molar-refractivity contribution < 1.29 is 14.3 Å². The van der Waals surface area contributed by atoms with E-state index in [4.69, 9.17) is 9.47 Å². The van der Waals surface area contributed by atoms with Gasteiger partial charge in [0.25, 0.3) is 0 Å². The van der Waals surface area contributed by atoms with Crippen molar-refractivity contribution in [2.24, 2.45) is 5.92 Å². The molecule has 1 fully saturated rings. The summed E-state index contributed by atoms with van der Waals surface area (Å²) in [5.41, 5.74) is 2.56. The van der Waals surface area contributed by atoms with Gasteiger partial charge in [-0.3, -0.25) is 4.79 Å². The Morgan fingerprint density at radius 2 is 1.81 bits per heavy atom. The van der Waals surface area contributed by atoms with Crippen LogP contribution in [0.2, 0.25) is 0 Å². The summed E-state index contributed by atoms with van der Waals surface area (Å²) in [6, 6.07) is 22.2. The number of allylic oxidation sites excluding steroid dienone is 2.